The van der Waals surface area contributed by atoms with Crippen LogP contribution in [0.5, 0.6) is 5.75 Å². The SMILES string of the molecule is C=C1CC2COC(=O)C2(Cc2ccc(OCc3ccc4c(c3)CCCC4)cc2)C1. The lowest BCUT2D eigenvalue weighted by molar-refractivity contribution is -0.146. The molecule has 2 unspecified atom stereocenters. The lowest BCUT2D eigenvalue weighted by Gasteiger charge is -2.24. The minimum atomic E-state index is -0.400. The predicted octanol–water partition coefficient (Wildman–Crippen LogP) is 5.20. The van der Waals surface area contributed by atoms with Gasteiger partial charge in [-0.2, -0.15) is 0 Å². The molecule has 0 N–H and O–H groups in total. The lowest BCUT2D eigenvalue weighted by atomic mass is 9.75. The van der Waals surface area contributed by atoms with E-state index < -0.39 is 5.41 Å². The average Bonchev–Trinajstić information content (AvgIpc) is 3.21. The van der Waals surface area contributed by atoms with Crippen molar-refractivity contribution < 1.29 is 14.3 Å². The number of hydrogen-bond acceptors (Lipinski definition) is 3. The van der Waals surface area contributed by atoms with E-state index in [9.17, 15) is 4.79 Å². The first kappa shape index (κ1) is 18.5. The minimum Gasteiger partial charge on any atom is -0.489 e. The number of rotatable bonds is 5. The van der Waals surface area contributed by atoms with Crippen LogP contribution in [-0.2, 0) is 35.4 Å². The van der Waals surface area contributed by atoms with Gasteiger partial charge in [-0.25, -0.2) is 0 Å². The van der Waals surface area contributed by atoms with Gasteiger partial charge in [-0.3, -0.25) is 4.79 Å². The third-order valence-corrected chi connectivity index (χ3v) is 6.97. The molecule has 1 heterocycles. The average molecular weight is 389 g/mol. The van der Waals surface area contributed by atoms with Crippen molar-refractivity contribution in [3.63, 3.8) is 0 Å². The first-order valence-corrected chi connectivity index (χ1v) is 10.8. The van der Waals surface area contributed by atoms with Crippen LogP contribution in [0.15, 0.2) is 54.6 Å². The van der Waals surface area contributed by atoms with Crippen LogP contribution in [0.4, 0.5) is 0 Å². The third kappa shape index (κ3) is 3.48. The highest BCUT2D eigenvalue weighted by molar-refractivity contribution is 5.81. The number of allylic oxidation sites excluding steroid dienone is 1. The van der Waals surface area contributed by atoms with Crippen LogP contribution < -0.4 is 4.74 Å². The van der Waals surface area contributed by atoms with Crippen LogP contribution in [0.25, 0.3) is 0 Å². The lowest BCUT2D eigenvalue weighted by Crippen LogP contribution is -2.31. The molecule has 2 aromatic carbocycles. The van der Waals surface area contributed by atoms with Crippen LogP contribution in [0, 0.1) is 11.3 Å². The quantitative estimate of drug-likeness (QED) is 0.522. The second-order valence-electron chi connectivity index (χ2n) is 9.00. The van der Waals surface area contributed by atoms with Crippen molar-refractivity contribution in [2.45, 2.75) is 51.6 Å². The van der Waals surface area contributed by atoms with Gasteiger partial charge < -0.3 is 9.47 Å². The van der Waals surface area contributed by atoms with Gasteiger partial charge in [0.15, 0.2) is 0 Å². The number of aryl methyl sites for hydroxylation is 2. The zero-order valence-electron chi connectivity index (χ0n) is 16.9. The van der Waals surface area contributed by atoms with Crippen LogP contribution in [0.1, 0.15) is 47.9 Å². The van der Waals surface area contributed by atoms with Crippen molar-refractivity contribution in [2.75, 3.05) is 6.61 Å². The van der Waals surface area contributed by atoms with Gasteiger partial charge in [0.05, 0.1) is 12.0 Å². The topological polar surface area (TPSA) is 35.5 Å². The fourth-order valence-corrected chi connectivity index (χ4v) is 5.37. The van der Waals surface area contributed by atoms with E-state index in [1.807, 2.05) is 12.1 Å². The Hall–Kier alpha value is -2.55. The standard InChI is InChI=1S/C26H28O3/c1-18-12-23-17-29-25(27)26(23,14-18)15-19-7-10-24(11-8-19)28-16-20-6-9-21-4-2-3-5-22(21)13-20/h6-11,13,23H,1-5,12,14-17H2. The Morgan fingerprint density at radius 3 is 2.62 bits per heavy atom. The molecule has 1 saturated heterocycles. The van der Waals surface area contributed by atoms with Gasteiger partial charge in [0.1, 0.15) is 12.4 Å². The summed E-state index contributed by atoms with van der Waals surface area (Å²) < 4.78 is 11.4. The maximum Gasteiger partial charge on any atom is 0.313 e. The number of ether oxygens (including phenoxy) is 2. The van der Waals surface area contributed by atoms with Crippen molar-refractivity contribution in [2.24, 2.45) is 11.3 Å². The molecule has 3 nitrogen and oxygen atoms in total. The highest BCUT2D eigenvalue weighted by atomic mass is 16.5. The number of fused-ring (bicyclic) bond motifs is 2. The maximum atomic E-state index is 12.5. The molecule has 5 rings (SSSR count). The van der Waals surface area contributed by atoms with Crippen LogP contribution in [0.2, 0.25) is 0 Å². The van der Waals surface area contributed by atoms with Crippen molar-refractivity contribution in [1.29, 1.82) is 0 Å². The Bertz CT molecular complexity index is 943. The summed E-state index contributed by atoms with van der Waals surface area (Å²) in [7, 11) is 0. The number of cyclic esters (lactones) is 1. The summed E-state index contributed by atoms with van der Waals surface area (Å²) in [5, 5.41) is 0. The molecule has 1 saturated carbocycles. The minimum absolute atomic E-state index is 0.0473. The Balaban J connectivity index is 1.24. The van der Waals surface area contributed by atoms with Gasteiger partial charge in [0, 0.05) is 5.92 Å². The normalized spacial score (nSPS) is 25.4. The molecule has 2 aliphatic carbocycles. The van der Waals surface area contributed by atoms with E-state index >= 15 is 0 Å². The first-order chi connectivity index (χ1) is 14.1. The molecule has 0 bridgehead atoms. The van der Waals surface area contributed by atoms with E-state index in [4.69, 9.17) is 9.47 Å². The fraction of sp³-hybridized carbons (Fsp3) is 0.423. The molecular formula is C26H28O3. The van der Waals surface area contributed by atoms with Crippen LogP contribution in [0.3, 0.4) is 0 Å². The smallest absolute Gasteiger partial charge is 0.313 e. The van der Waals surface area contributed by atoms with E-state index in [1.165, 1.54) is 47.9 Å². The Kier molecular flexibility index (Phi) is 4.69. The Morgan fingerprint density at radius 1 is 1.03 bits per heavy atom. The fourth-order valence-electron chi connectivity index (χ4n) is 5.37. The van der Waals surface area contributed by atoms with E-state index in [2.05, 4.69) is 36.9 Å². The number of carbonyl (C=O) groups is 1. The van der Waals surface area contributed by atoms with Gasteiger partial charge in [-0.1, -0.05) is 42.5 Å². The molecule has 0 amide bonds. The Morgan fingerprint density at radius 2 is 1.79 bits per heavy atom. The highest BCUT2D eigenvalue weighted by Gasteiger charge is 2.55. The second-order valence-corrected chi connectivity index (χ2v) is 9.00. The molecule has 0 radical (unpaired) electrons. The van der Waals surface area contributed by atoms with Crippen LogP contribution in [-0.4, -0.2) is 12.6 Å². The molecule has 1 aliphatic heterocycles. The molecule has 29 heavy (non-hydrogen) atoms. The molecule has 2 aromatic rings. The van der Waals surface area contributed by atoms with E-state index in [1.54, 1.807) is 0 Å². The largest absolute Gasteiger partial charge is 0.489 e. The monoisotopic (exact) mass is 388 g/mol. The van der Waals surface area contributed by atoms with E-state index in [0.29, 0.717) is 13.2 Å². The number of hydrogen-bond donors (Lipinski definition) is 0. The zero-order valence-corrected chi connectivity index (χ0v) is 16.9. The van der Waals surface area contributed by atoms with Crippen molar-refractivity contribution >= 4 is 5.97 Å². The molecule has 2 fully saturated rings. The molecule has 3 heteroatoms. The second kappa shape index (κ2) is 7.37. The summed E-state index contributed by atoms with van der Waals surface area (Å²) in [5.41, 5.74) is 6.16. The number of esters is 1. The van der Waals surface area contributed by atoms with Gasteiger partial charge in [0.2, 0.25) is 0 Å². The molecular weight excluding hydrogens is 360 g/mol. The van der Waals surface area contributed by atoms with Gasteiger partial charge in [-0.15, -0.1) is 0 Å². The third-order valence-electron chi connectivity index (χ3n) is 6.97. The first-order valence-electron chi connectivity index (χ1n) is 10.8. The number of benzene rings is 2. The summed E-state index contributed by atoms with van der Waals surface area (Å²) in [6.07, 6.45) is 7.39. The molecule has 0 aromatic heterocycles. The van der Waals surface area contributed by atoms with Crippen molar-refractivity contribution in [3.05, 3.63) is 76.9 Å². The summed E-state index contributed by atoms with van der Waals surface area (Å²) >= 11 is 0. The number of carbonyl (C=O) groups excluding carboxylic acids is 1. The van der Waals surface area contributed by atoms with E-state index in [0.717, 1.165) is 30.6 Å². The van der Waals surface area contributed by atoms with Crippen molar-refractivity contribution in [3.8, 4) is 5.75 Å². The molecule has 150 valence electrons. The van der Waals surface area contributed by atoms with Gasteiger partial charge >= 0.3 is 5.97 Å². The van der Waals surface area contributed by atoms with Crippen LogP contribution >= 0.6 is 0 Å². The van der Waals surface area contributed by atoms with E-state index in [-0.39, 0.29) is 11.9 Å². The summed E-state index contributed by atoms with van der Waals surface area (Å²) in [6.45, 7) is 5.25. The molecule has 2 atom stereocenters. The van der Waals surface area contributed by atoms with Gasteiger partial charge in [0.25, 0.3) is 0 Å². The summed E-state index contributed by atoms with van der Waals surface area (Å²) in [4.78, 5) is 12.5. The van der Waals surface area contributed by atoms with Gasteiger partial charge in [-0.05, 0) is 79.3 Å². The summed E-state index contributed by atoms with van der Waals surface area (Å²) in [6, 6.07) is 15.0. The predicted molar refractivity (Wildman–Crippen MR) is 113 cm³/mol. The van der Waals surface area contributed by atoms with Crippen molar-refractivity contribution in [1.82, 2.24) is 0 Å². The highest BCUT2D eigenvalue weighted by Crippen LogP contribution is 2.52. The summed E-state index contributed by atoms with van der Waals surface area (Å²) in [5.74, 6) is 1.10. The molecule has 3 aliphatic rings. The Labute approximate surface area is 172 Å². The zero-order chi connectivity index (χ0) is 19.8. The maximum absolute atomic E-state index is 12.5. The molecule has 0 spiro atoms.